The monoisotopic (exact) mass is 266 g/mol. The smallest absolute Gasteiger partial charge is 0.128 e. The Hall–Kier alpha value is -1.42. The molecule has 0 spiro atoms. The first-order valence-corrected chi connectivity index (χ1v) is 6.57. The van der Waals surface area contributed by atoms with Gasteiger partial charge in [-0.15, -0.1) is 0 Å². The Labute approximate surface area is 113 Å². The summed E-state index contributed by atoms with van der Waals surface area (Å²) in [7, 11) is 1.90. The maximum absolute atomic E-state index is 14.0. The van der Waals surface area contributed by atoms with E-state index in [-0.39, 0.29) is 11.9 Å². The van der Waals surface area contributed by atoms with Crippen molar-refractivity contribution in [3.8, 4) is 0 Å². The van der Waals surface area contributed by atoms with Crippen LogP contribution >= 0.6 is 0 Å². The number of halogens is 2. The van der Waals surface area contributed by atoms with Crippen molar-refractivity contribution in [2.75, 3.05) is 13.6 Å². The van der Waals surface area contributed by atoms with Crippen LogP contribution in [0.4, 0.5) is 8.78 Å². The molecule has 19 heavy (non-hydrogen) atoms. The van der Waals surface area contributed by atoms with E-state index in [1.165, 1.54) is 12.1 Å². The molecule has 1 aromatic rings. The van der Waals surface area contributed by atoms with Crippen LogP contribution in [0.5, 0.6) is 0 Å². The SMILES string of the molecule is C=C(C)N1CC[C@@H](NC)C[C@H]1c1cc(F)ccc1F. The molecule has 0 unspecified atom stereocenters. The number of piperidine rings is 1. The molecule has 1 heterocycles. The summed E-state index contributed by atoms with van der Waals surface area (Å²) >= 11 is 0. The van der Waals surface area contributed by atoms with E-state index in [4.69, 9.17) is 0 Å². The standard InChI is InChI=1S/C15H20F2N2/c1-10(2)19-7-6-12(18-3)9-15(19)13-8-11(16)4-5-14(13)17/h4-5,8,12,15,18H,1,6-7,9H2,2-3H3/t12-,15+/m1/s1. The van der Waals surface area contributed by atoms with Gasteiger partial charge in [0.1, 0.15) is 11.6 Å². The Morgan fingerprint density at radius 2 is 2.16 bits per heavy atom. The number of benzene rings is 1. The van der Waals surface area contributed by atoms with Crippen molar-refractivity contribution in [3.05, 3.63) is 47.7 Å². The summed E-state index contributed by atoms with van der Waals surface area (Å²) in [5.74, 6) is -0.751. The van der Waals surface area contributed by atoms with Crippen molar-refractivity contribution in [1.29, 1.82) is 0 Å². The molecule has 1 aromatic carbocycles. The second kappa shape index (κ2) is 5.70. The van der Waals surface area contributed by atoms with Gasteiger partial charge in [-0.1, -0.05) is 6.58 Å². The molecule has 0 radical (unpaired) electrons. The first-order valence-electron chi connectivity index (χ1n) is 6.57. The first-order chi connectivity index (χ1) is 9.02. The summed E-state index contributed by atoms with van der Waals surface area (Å²) in [5.41, 5.74) is 1.31. The highest BCUT2D eigenvalue weighted by Crippen LogP contribution is 2.34. The lowest BCUT2D eigenvalue weighted by atomic mass is 9.91. The number of hydrogen-bond acceptors (Lipinski definition) is 2. The van der Waals surface area contributed by atoms with Crippen LogP contribution in [0.15, 0.2) is 30.5 Å². The average Bonchev–Trinajstić information content (AvgIpc) is 2.40. The summed E-state index contributed by atoms with van der Waals surface area (Å²) in [5, 5.41) is 3.22. The Morgan fingerprint density at radius 1 is 1.42 bits per heavy atom. The Bertz CT molecular complexity index is 473. The fourth-order valence-corrected chi connectivity index (χ4v) is 2.75. The zero-order valence-electron chi connectivity index (χ0n) is 11.4. The van der Waals surface area contributed by atoms with Crippen LogP contribution in [0.2, 0.25) is 0 Å². The van der Waals surface area contributed by atoms with E-state index >= 15 is 0 Å². The molecule has 2 rings (SSSR count). The van der Waals surface area contributed by atoms with Gasteiger partial charge in [0.25, 0.3) is 0 Å². The third-order valence-electron chi connectivity index (χ3n) is 3.82. The minimum absolute atomic E-state index is 0.153. The number of likely N-dealkylation sites (tertiary alicyclic amines) is 1. The summed E-state index contributed by atoms with van der Waals surface area (Å²) in [4.78, 5) is 2.06. The van der Waals surface area contributed by atoms with Crippen LogP contribution in [0, 0.1) is 11.6 Å². The van der Waals surface area contributed by atoms with Gasteiger partial charge in [-0.3, -0.25) is 0 Å². The summed E-state index contributed by atoms with van der Waals surface area (Å²) < 4.78 is 27.4. The van der Waals surface area contributed by atoms with E-state index in [1.807, 2.05) is 14.0 Å². The second-order valence-corrected chi connectivity index (χ2v) is 5.12. The van der Waals surface area contributed by atoms with Crippen LogP contribution < -0.4 is 5.32 Å². The number of rotatable bonds is 3. The molecule has 1 saturated heterocycles. The van der Waals surface area contributed by atoms with Gasteiger partial charge in [0.2, 0.25) is 0 Å². The highest BCUT2D eigenvalue weighted by molar-refractivity contribution is 5.24. The highest BCUT2D eigenvalue weighted by atomic mass is 19.1. The van der Waals surface area contributed by atoms with E-state index < -0.39 is 5.82 Å². The minimum Gasteiger partial charge on any atom is -0.368 e. The maximum atomic E-state index is 14.0. The molecule has 2 nitrogen and oxygen atoms in total. The van der Waals surface area contributed by atoms with E-state index in [0.717, 1.165) is 31.1 Å². The summed E-state index contributed by atoms with van der Waals surface area (Å²) in [6.45, 7) is 6.66. The zero-order chi connectivity index (χ0) is 14.0. The molecule has 1 N–H and O–H groups in total. The van der Waals surface area contributed by atoms with Crippen molar-refractivity contribution in [2.45, 2.75) is 31.8 Å². The molecule has 0 amide bonds. The second-order valence-electron chi connectivity index (χ2n) is 5.12. The number of nitrogens with zero attached hydrogens (tertiary/aromatic N) is 1. The van der Waals surface area contributed by atoms with Gasteiger partial charge >= 0.3 is 0 Å². The highest BCUT2D eigenvalue weighted by Gasteiger charge is 2.30. The van der Waals surface area contributed by atoms with Gasteiger partial charge in [0.05, 0.1) is 6.04 Å². The molecule has 4 heteroatoms. The Balaban J connectivity index is 2.35. The van der Waals surface area contributed by atoms with Gasteiger partial charge in [0, 0.05) is 23.8 Å². The number of hydrogen-bond donors (Lipinski definition) is 1. The lowest BCUT2D eigenvalue weighted by Crippen LogP contribution is -2.42. The molecule has 0 saturated carbocycles. The summed E-state index contributed by atoms with van der Waals surface area (Å²) in [6.07, 6.45) is 1.74. The van der Waals surface area contributed by atoms with Gasteiger partial charge in [-0.2, -0.15) is 0 Å². The van der Waals surface area contributed by atoms with Crippen LogP contribution in [0.1, 0.15) is 31.4 Å². The minimum atomic E-state index is -0.398. The van der Waals surface area contributed by atoms with Crippen LogP contribution in [-0.4, -0.2) is 24.5 Å². The fraction of sp³-hybridized carbons (Fsp3) is 0.467. The molecule has 1 aliphatic rings. The topological polar surface area (TPSA) is 15.3 Å². The normalized spacial score (nSPS) is 23.5. The zero-order valence-corrected chi connectivity index (χ0v) is 11.4. The molecule has 1 fully saturated rings. The van der Waals surface area contributed by atoms with Gasteiger partial charge in [-0.05, 0) is 45.0 Å². The first kappa shape index (κ1) is 14.0. The predicted octanol–water partition coefficient (Wildman–Crippen LogP) is 3.22. The average molecular weight is 266 g/mol. The molecule has 2 atom stereocenters. The third kappa shape index (κ3) is 2.95. The lowest BCUT2D eigenvalue weighted by Gasteiger charge is -2.41. The number of nitrogens with one attached hydrogen (secondary N) is 1. The predicted molar refractivity (Wildman–Crippen MR) is 72.7 cm³/mol. The molecule has 104 valence electrons. The molecular formula is C15H20F2N2. The Morgan fingerprint density at radius 3 is 2.79 bits per heavy atom. The van der Waals surface area contributed by atoms with Crippen molar-refractivity contribution >= 4 is 0 Å². The largest absolute Gasteiger partial charge is 0.368 e. The van der Waals surface area contributed by atoms with Crippen molar-refractivity contribution in [2.24, 2.45) is 0 Å². The quantitative estimate of drug-likeness (QED) is 0.903. The van der Waals surface area contributed by atoms with Gasteiger partial charge < -0.3 is 10.2 Å². The van der Waals surface area contributed by atoms with Gasteiger partial charge in [-0.25, -0.2) is 8.78 Å². The lowest BCUT2D eigenvalue weighted by molar-refractivity contribution is 0.165. The molecular weight excluding hydrogens is 246 g/mol. The van der Waals surface area contributed by atoms with E-state index in [1.54, 1.807) is 0 Å². The van der Waals surface area contributed by atoms with Gasteiger partial charge in [0.15, 0.2) is 0 Å². The molecule has 0 aromatic heterocycles. The molecule has 1 aliphatic heterocycles. The maximum Gasteiger partial charge on any atom is 0.128 e. The van der Waals surface area contributed by atoms with E-state index in [9.17, 15) is 8.78 Å². The van der Waals surface area contributed by atoms with Crippen LogP contribution in [-0.2, 0) is 0 Å². The molecule has 0 bridgehead atoms. The fourth-order valence-electron chi connectivity index (χ4n) is 2.75. The Kier molecular flexibility index (Phi) is 4.20. The van der Waals surface area contributed by atoms with E-state index in [0.29, 0.717) is 11.6 Å². The van der Waals surface area contributed by atoms with Crippen molar-refractivity contribution < 1.29 is 8.78 Å². The van der Waals surface area contributed by atoms with Crippen LogP contribution in [0.25, 0.3) is 0 Å². The number of allylic oxidation sites excluding steroid dienone is 1. The van der Waals surface area contributed by atoms with E-state index in [2.05, 4.69) is 16.8 Å². The summed E-state index contributed by atoms with van der Waals surface area (Å²) in [6, 6.07) is 3.82. The van der Waals surface area contributed by atoms with Crippen molar-refractivity contribution in [3.63, 3.8) is 0 Å². The molecule has 0 aliphatic carbocycles. The van der Waals surface area contributed by atoms with Crippen LogP contribution in [0.3, 0.4) is 0 Å². The third-order valence-corrected chi connectivity index (χ3v) is 3.82. The van der Waals surface area contributed by atoms with Crippen molar-refractivity contribution in [1.82, 2.24) is 10.2 Å².